The Morgan fingerprint density at radius 3 is 2.43 bits per heavy atom. The minimum atomic E-state index is -4.67. The van der Waals surface area contributed by atoms with Crippen molar-refractivity contribution >= 4 is 10.8 Å². The molecule has 3 aromatic rings. The fourth-order valence-corrected chi connectivity index (χ4v) is 2.03. The maximum atomic E-state index is 12.4. The van der Waals surface area contributed by atoms with Crippen LogP contribution in [0.4, 0.5) is 13.2 Å². The van der Waals surface area contributed by atoms with E-state index in [-0.39, 0.29) is 5.82 Å². The van der Waals surface area contributed by atoms with Gasteiger partial charge in [-0.05, 0) is 22.4 Å². The molecule has 2 N–H and O–H groups in total. The van der Waals surface area contributed by atoms with E-state index in [0.717, 1.165) is 10.8 Å². The fraction of sp³-hybridized carbons (Fsp3) is 0.143. The molecule has 108 valence electrons. The fourth-order valence-electron chi connectivity index (χ4n) is 2.03. The first-order valence-electron chi connectivity index (χ1n) is 6.10. The molecule has 0 saturated heterocycles. The second kappa shape index (κ2) is 4.85. The standard InChI is InChI=1S/C14H10F3N3O/c15-14(16,17)13-19-12(20-21-13)11(18)10-6-5-8-3-1-2-4-9(8)7-10/h1-7,11H,18H2. The van der Waals surface area contributed by atoms with Crippen LogP contribution in [-0.4, -0.2) is 10.1 Å². The van der Waals surface area contributed by atoms with Gasteiger partial charge in [0, 0.05) is 0 Å². The Morgan fingerprint density at radius 2 is 1.76 bits per heavy atom. The van der Waals surface area contributed by atoms with Crippen molar-refractivity contribution in [3.8, 4) is 0 Å². The van der Waals surface area contributed by atoms with Crippen LogP contribution in [0.2, 0.25) is 0 Å². The van der Waals surface area contributed by atoms with E-state index >= 15 is 0 Å². The molecule has 0 spiro atoms. The van der Waals surface area contributed by atoms with Crippen molar-refractivity contribution in [2.24, 2.45) is 5.73 Å². The third kappa shape index (κ3) is 2.59. The number of benzene rings is 2. The SMILES string of the molecule is NC(c1ccc2ccccc2c1)c1noc(C(F)(F)F)n1. The largest absolute Gasteiger partial charge is 0.471 e. The Bertz CT molecular complexity index is 782. The summed E-state index contributed by atoms with van der Waals surface area (Å²) in [5, 5.41) is 5.25. The number of alkyl halides is 3. The zero-order valence-electron chi connectivity index (χ0n) is 10.6. The molecule has 21 heavy (non-hydrogen) atoms. The van der Waals surface area contributed by atoms with Crippen molar-refractivity contribution in [2.75, 3.05) is 0 Å². The first-order chi connectivity index (χ1) is 9.95. The quantitative estimate of drug-likeness (QED) is 0.787. The highest BCUT2D eigenvalue weighted by molar-refractivity contribution is 5.83. The average Bonchev–Trinajstić information content (AvgIpc) is 2.96. The molecule has 0 fully saturated rings. The molecule has 1 aromatic heterocycles. The summed E-state index contributed by atoms with van der Waals surface area (Å²) in [6.45, 7) is 0. The Labute approximate surface area is 117 Å². The molecule has 1 unspecified atom stereocenters. The molecular weight excluding hydrogens is 283 g/mol. The number of fused-ring (bicyclic) bond motifs is 1. The molecule has 0 aliphatic rings. The molecule has 2 aromatic carbocycles. The zero-order chi connectivity index (χ0) is 15.0. The molecule has 0 saturated carbocycles. The van der Waals surface area contributed by atoms with Crippen molar-refractivity contribution in [1.82, 2.24) is 10.1 Å². The molecule has 3 rings (SSSR count). The molecular formula is C14H10F3N3O. The van der Waals surface area contributed by atoms with E-state index in [9.17, 15) is 13.2 Å². The van der Waals surface area contributed by atoms with Gasteiger partial charge >= 0.3 is 12.1 Å². The molecule has 4 nitrogen and oxygen atoms in total. The number of halogens is 3. The Morgan fingerprint density at radius 1 is 1.05 bits per heavy atom. The summed E-state index contributed by atoms with van der Waals surface area (Å²) < 4.78 is 41.5. The molecule has 0 amide bonds. The van der Waals surface area contributed by atoms with E-state index < -0.39 is 18.1 Å². The van der Waals surface area contributed by atoms with Gasteiger partial charge in [-0.15, -0.1) is 0 Å². The summed E-state index contributed by atoms with van der Waals surface area (Å²) in [6, 6.07) is 12.1. The summed E-state index contributed by atoms with van der Waals surface area (Å²) in [5.74, 6) is -1.59. The van der Waals surface area contributed by atoms with E-state index in [2.05, 4.69) is 14.7 Å². The van der Waals surface area contributed by atoms with Gasteiger partial charge in [0.05, 0.1) is 6.04 Å². The summed E-state index contributed by atoms with van der Waals surface area (Å²) >= 11 is 0. The summed E-state index contributed by atoms with van der Waals surface area (Å²) in [5.41, 5.74) is 6.53. The van der Waals surface area contributed by atoms with Gasteiger partial charge in [0.25, 0.3) is 0 Å². The Hall–Kier alpha value is -2.41. The van der Waals surface area contributed by atoms with Gasteiger partial charge in [-0.25, -0.2) is 0 Å². The van der Waals surface area contributed by atoms with Crippen molar-refractivity contribution in [1.29, 1.82) is 0 Å². The smallest absolute Gasteiger partial charge is 0.329 e. The number of hydrogen-bond donors (Lipinski definition) is 1. The normalized spacial score (nSPS) is 13.5. The summed E-state index contributed by atoms with van der Waals surface area (Å²) in [6.07, 6.45) is -4.67. The van der Waals surface area contributed by atoms with Crippen molar-refractivity contribution in [2.45, 2.75) is 12.2 Å². The lowest BCUT2D eigenvalue weighted by Crippen LogP contribution is -2.14. The van der Waals surface area contributed by atoms with E-state index in [1.54, 1.807) is 12.1 Å². The van der Waals surface area contributed by atoms with Crippen molar-refractivity contribution in [3.05, 3.63) is 59.7 Å². The number of rotatable bonds is 2. The van der Waals surface area contributed by atoms with Gasteiger partial charge in [0.15, 0.2) is 5.82 Å². The predicted octanol–water partition coefficient (Wildman–Crippen LogP) is 3.29. The summed E-state index contributed by atoms with van der Waals surface area (Å²) in [4.78, 5) is 3.31. The van der Waals surface area contributed by atoms with E-state index in [4.69, 9.17) is 5.73 Å². The molecule has 1 heterocycles. The van der Waals surface area contributed by atoms with Crippen LogP contribution in [0.15, 0.2) is 47.0 Å². The number of nitrogens with two attached hydrogens (primary N) is 1. The van der Waals surface area contributed by atoms with Gasteiger partial charge < -0.3 is 10.3 Å². The van der Waals surface area contributed by atoms with Crippen LogP contribution in [0.1, 0.15) is 23.3 Å². The second-order valence-corrected chi connectivity index (χ2v) is 4.54. The molecule has 0 aliphatic carbocycles. The van der Waals surface area contributed by atoms with Crippen LogP contribution < -0.4 is 5.73 Å². The van der Waals surface area contributed by atoms with Gasteiger partial charge in [0.2, 0.25) is 0 Å². The highest BCUT2D eigenvalue weighted by Crippen LogP contribution is 2.29. The van der Waals surface area contributed by atoms with Gasteiger partial charge in [0.1, 0.15) is 0 Å². The van der Waals surface area contributed by atoms with E-state index in [0.29, 0.717) is 5.56 Å². The minimum Gasteiger partial charge on any atom is -0.329 e. The van der Waals surface area contributed by atoms with Crippen molar-refractivity contribution < 1.29 is 17.7 Å². The zero-order valence-corrected chi connectivity index (χ0v) is 10.6. The molecule has 7 heteroatoms. The first-order valence-corrected chi connectivity index (χ1v) is 6.10. The number of aromatic nitrogens is 2. The van der Waals surface area contributed by atoms with Crippen LogP contribution in [0.3, 0.4) is 0 Å². The molecule has 0 bridgehead atoms. The topological polar surface area (TPSA) is 64.9 Å². The Balaban J connectivity index is 1.96. The van der Waals surface area contributed by atoms with Crippen LogP contribution in [0.5, 0.6) is 0 Å². The highest BCUT2D eigenvalue weighted by Gasteiger charge is 2.39. The van der Waals surface area contributed by atoms with Gasteiger partial charge in [-0.3, -0.25) is 0 Å². The lowest BCUT2D eigenvalue weighted by Gasteiger charge is -2.08. The summed E-state index contributed by atoms with van der Waals surface area (Å²) in [7, 11) is 0. The number of nitrogens with zero attached hydrogens (tertiary/aromatic N) is 2. The minimum absolute atomic E-state index is 0.197. The van der Waals surface area contributed by atoms with Gasteiger partial charge in [-0.2, -0.15) is 18.2 Å². The predicted molar refractivity (Wildman–Crippen MR) is 69.3 cm³/mol. The van der Waals surface area contributed by atoms with Crippen LogP contribution in [0, 0.1) is 0 Å². The van der Waals surface area contributed by atoms with Crippen LogP contribution in [-0.2, 0) is 6.18 Å². The lowest BCUT2D eigenvalue weighted by atomic mass is 10.0. The maximum Gasteiger partial charge on any atom is 0.471 e. The van der Waals surface area contributed by atoms with E-state index in [1.807, 2.05) is 30.3 Å². The molecule has 0 radical (unpaired) electrons. The van der Waals surface area contributed by atoms with Crippen LogP contribution >= 0.6 is 0 Å². The molecule has 0 aliphatic heterocycles. The third-order valence-electron chi connectivity index (χ3n) is 3.10. The molecule has 1 atom stereocenters. The highest BCUT2D eigenvalue weighted by atomic mass is 19.4. The monoisotopic (exact) mass is 293 g/mol. The third-order valence-corrected chi connectivity index (χ3v) is 3.10. The number of hydrogen-bond acceptors (Lipinski definition) is 4. The first kappa shape index (κ1) is 13.6. The average molecular weight is 293 g/mol. The van der Waals surface area contributed by atoms with Crippen LogP contribution in [0.25, 0.3) is 10.8 Å². The second-order valence-electron chi connectivity index (χ2n) is 4.54. The maximum absolute atomic E-state index is 12.4. The Kier molecular flexibility index (Phi) is 3.13. The van der Waals surface area contributed by atoms with Gasteiger partial charge in [-0.1, -0.05) is 41.6 Å². The van der Waals surface area contributed by atoms with E-state index in [1.165, 1.54) is 0 Å². The lowest BCUT2D eigenvalue weighted by molar-refractivity contribution is -0.159. The van der Waals surface area contributed by atoms with Crippen molar-refractivity contribution in [3.63, 3.8) is 0 Å².